The summed E-state index contributed by atoms with van der Waals surface area (Å²) >= 11 is -0.862. The summed E-state index contributed by atoms with van der Waals surface area (Å²) in [4.78, 5) is 20.0. The zero-order chi connectivity index (χ0) is 17.0. The predicted octanol–water partition coefficient (Wildman–Crippen LogP) is 1.50. The zero-order valence-electron chi connectivity index (χ0n) is 12.6. The van der Waals surface area contributed by atoms with Crippen molar-refractivity contribution in [1.82, 2.24) is 5.32 Å². The fourth-order valence-electron chi connectivity index (χ4n) is 1.27. The van der Waals surface area contributed by atoms with Crippen LogP contribution in [0.15, 0.2) is 47.4 Å². The van der Waals surface area contributed by atoms with Gasteiger partial charge in [0.25, 0.3) is 0 Å². The van der Waals surface area contributed by atoms with Crippen molar-refractivity contribution in [2.75, 3.05) is 12.3 Å². The molecule has 6 nitrogen and oxygen atoms in total. The van der Waals surface area contributed by atoms with Gasteiger partial charge in [0.15, 0.2) is 4.90 Å². The number of aliphatic carboxylic acids is 2. The third kappa shape index (κ3) is 12.0. The minimum absolute atomic E-state index is 0.461. The highest BCUT2D eigenvalue weighted by atomic mass is 32.2. The Labute approximate surface area is 133 Å². The first-order chi connectivity index (χ1) is 10.3. The van der Waals surface area contributed by atoms with Crippen LogP contribution in [0, 0.1) is 0 Å². The first-order valence-electron chi connectivity index (χ1n) is 6.63. The summed E-state index contributed by atoms with van der Waals surface area (Å²) < 4.78 is 11.7. The Morgan fingerprint density at radius 1 is 1.18 bits per heavy atom. The van der Waals surface area contributed by atoms with E-state index in [0.29, 0.717) is 23.9 Å². The van der Waals surface area contributed by atoms with Crippen molar-refractivity contribution in [3.63, 3.8) is 0 Å². The molecule has 0 radical (unpaired) electrons. The Morgan fingerprint density at radius 3 is 2.09 bits per heavy atom. The third-order valence-corrected chi connectivity index (χ3v) is 3.59. The lowest BCUT2D eigenvalue weighted by Gasteiger charge is -2.12. The molecule has 0 aromatic heterocycles. The van der Waals surface area contributed by atoms with Gasteiger partial charge in [-0.3, -0.25) is 0 Å². The molecule has 0 spiro atoms. The van der Waals surface area contributed by atoms with E-state index in [4.69, 9.17) is 10.2 Å². The molecule has 0 bridgehead atoms. The molecule has 0 saturated heterocycles. The number of rotatable bonds is 7. The van der Waals surface area contributed by atoms with Crippen LogP contribution < -0.4 is 5.32 Å². The van der Waals surface area contributed by atoms with Crippen LogP contribution >= 0.6 is 0 Å². The van der Waals surface area contributed by atoms with Crippen molar-refractivity contribution < 1.29 is 24.4 Å². The molecule has 0 aliphatic carbocycles. The second-order valence-electron chi connectivity index (χ2n) is 4.48. The van der Waals surface area contributed by atoms with Gasteiger partial charge in [0.1, 0.15) is 5.75 Å². The van der Waals surface area contributed by atoms with E-state index >= 15 is 0 Å². The molecule has 0 heterocycles. The normalized spacial score (nSPS) is 11.8. The molecule has 1 aromatic rings. The second-order valence-corrected chi connectivity index (χ2v) is 6.05. The first-order valence-corrected chi connectivity index (χ1v) is 7.95. The van der Waals surface area contributed by atoms with Crippen molar-refractivity contribution in [3.05, 3.63) is 42.5 Å². The quantitative estimate of drug-likeness (QED) is 0.517. The summed E-state index contributed by atoms with van der Waals surface area (Å²) in [5.41, 5.74) is 0. The summed E-state index contributed by atoms with van der Waals surface area (Å²) in [6, 6.07) is 10.1. The van der Waals surface area contributed by atoms with Crippen LogP contribution in [0.25, 0.3) is 0 Å². The molecule has 1 rings (SSSR count). The molecule has 0 amide bonds. The topological polar surface area (TPSA) is 110 Å². The van der Waals surface area contributed by atoms with Gasteiger partial charge < -0.3 is 20.1 Å². The van der Waals surface area contributed by atoms with E-state index in [1.807, 2.05) is 30.3 Å². The molecule has 0 aliphatic rings. The van der Waals surface area contributed by atoms with Crippen molar-refractivity contribution in [2.24, 2.45) is 0 Å². The summed E-state index contributed by atoms with van der Waals surface area (Å²) in [7, 11) is 0. The number of carboxylic acid groups (broad SMARTS) is 2. The Hall–Kier alpha value is -1.83. The van der Waals surface area contributed by atoms with Crippen LogP contribution in [0.4, 0.5) is 0 Å². The SMILES string of the molecule is CC(C)NCC[S+]([O-])c1ccccc1.O=C(O)/C=C\C(=O)O. The number of benzene rings is 1. The Bertz CT molecular complexity index is 460. The molecule has 0 fully saturated rings. The van der Waals surface area contributed by atoms with Crippen molar-refractivity contribution in [2.45, 2.75) is 24.8 Å². The van der Waals surface area contributed by atoms with E-state index in [9.17, 15) is 14.1 Å². The van der Waals surface area contributed by atoms with E-state index in [1.165, 1.54) is 0 Å². The summed E-state index contributed by atoms with van der Waals surface area (Å²) in [5.74, 6) is -1.83. The van der Waals surface area contributed by atoms with Gasteiger partial charge in [-0.2, -0.15) is 0 Å². The van der Waals surface area contributed by atoms with E-state index < -0.39 is 23.1 Å². The average Bonchev–Trinajstić information content (AvgIpc) is 2.46. The Kier molecular flexibility index (Phi) is 10.8. The number of nitrogens with one attached hydrogen (secondary N) is 1. The molecule has 122 valence electrons. The number of hydrogen-bond acceptors (Lipinski definition) is 4. The Balaban J connectivity index is 0.000000472. The molecule has 22 heavy (non-hydrogen) atoms. The number of carboxylic acids is 2. The fraction of sp³-hybridized carbons (Fsp3) is 0.333. The highest BCUT2D eigenvalue weighted by Crippen LogP contribution is 2.09. The molecule has 3 N–H and O–H groups in total. The van der Waals surface area contributed by atoms with E-state index in [1.54, 1.807) is 0 Å². The van der Waals surface area contributed by atoms with E-state index in [0.717, 1.165) is 11.4 Å². The van der Waals surface area contributed by atoms with Crippen LogP contribution in [0.5, 0.6) is 0 Å². The maximum atomic E-state index is 11.7. The average molecular weight is 327 g/mol. The van der Waals surface area contributed by atoms with Crippen LogP contribution in [-0.4, -0.2) is 45.0 Å². The molecular formula is C15H21NO5S. The third-order valence-electron chi connectivity index (χ3n) is 2.21. The number of carbonyl (C=O) groups is 2. The molecule has 1 aromatic carbocycles. The van der Waals surface area contributed by atoms with Gasteiger partial charge in [-0.05, 0) is 23.3 Å². The van der Waals surface area contributed by atoms with Gasteiger partial charge in [0.2, 0.25) is 0 Å². The van der Waals surface area contributed by atoms with Gasteiger partial charge in [-0.15, -0.1) is 0 Å². The fourth-order valence-corrected chi connectivity index (χ4v) is 2.27. The van der Waals surface area contributed by atoms with Crippen molar-refractivity contribution >= 4 is 23.1 Å². The Morgan fingerprint density at radius 2 is 1.68 bits per heavy atom. The monoisotopic (exact) mass is 327 g/mol. The van der Waals surface area contributed by atoms with Gasteiger partial charge in [0.05, 0.1) is 0 Å². The molecule has 7 heteroatoms. The smallest absolute Gasteiger partial charge is 0.328 e. The summed E-state index contributed by atoms with van der Waals surface area (Å²) in [5, 5.41) is 18.9. The molecule has 0 saturated carbocycles. The van der Waals surface area contributed by atoms with Gasteiger partial charge in [-0.25, -0.2) is 9.59 Å². The highest BCUT2D eigenvalue weighted by Gasteiger charge is 2.08. The second kappa shape index (κ2) is 11.8. The minimum Gasteiger partial charge on any atom is -0.611 e. The first kappa shape index (κ1) is 20.2. The van der Waals surface area contributed by atoms with Crippen LogP contribution in [0.2, 0.25) is 0 Å². The van der Waals surface area contributed by atoms with Gasteiger partial charge >= 0.3 is 11.9 Å². The van der Waals surface area contributed by atoms with E-state index in [-0.39, 0.29) is 0 Å². The lowest BCUT2D eigenvalue weighted by molar-refractivity contribution is -0.134. The van der Waals surface area contributed by atoms with Crippen molar-refractivity contribution in [3.8, 4) is 0 Å². The van der Waals surface area contributed by atoms with Gasteiger partial charge in [0, 0.05) is 24.7 Å². The number of hydrogen-bond donors (Lipinski definition) is 3. The molecule has 1 atom stereocenters. The van der Waals surface area contributed by atoms with E-state index in [2.05, 4.69) is 19.2 Å². The zero-order valence-corrected chi connectivity index (χ0v) is 13.4. The predicted molar refractivity (Wildman–Crippen MR) is 85.3 cm³/mol. The maximum absolute atomic E-state index is 11.7. The van der Waals surface area contributed by atoms with Crippen LogP contribution in [0.1, 0.15) is 13.8 Å². The molecular weight excluding hydrogens is 306 g/mol. The largest absolute Gasteiger partial charge is 0.611 e. The summed E-state index contributed by atoms with van der Waals surface area (Å²) in [6.07, 6.45) is 1.12. The standard InChI is InChI=1S/C11H17NOS.C4H4O4/c1-10(2)12-8-9-14(13)11-6-4-3-5-7-11;5-3(6)1-2-4(7)8/h3-7,10,12H,8-9H2,1-2H3;1-2H,(H,5,6)(H,7,8)/b;2-1-. The highest BCUT2D eigenvalue weighted by molar-refractivity contribution is 7.91. The molecule has 1 unspecified atom stereocenters. The maximum Gasteiger partial charge on any atom is 0.328 e. The van der Waals surface area contributed by atoms with Crippen LogP contribution in [-0.2, 0) is 20.8 Å². The summed E-state index contributed by atoms with van der Waals surface area (Å²) in [6.45, 7) is 4.98. The minimum atomic E-state index is -1.26. The van der Waals surface area contributed by atoms with Crippen LogP contribution in [0.3, 0.4) is 0 Å². The van der Waals surface area contributed by atoms with Gasteiger partial charge in [-0.1, -0.05) is 32.0 Å². The lowest BCUT2D eigenvalue weighted by Crippen LogP contribution is -2.28. The lowest BCUT2D eigenvalue weighted by atomic mass is 10.4. The van der Waals surface area contributed by atoms with Crippen molar-refractivity contribution in [1.29, 1.82) is 0 Å². The molecule has 0 aliphatic heterocycles.